The second-order valence-electron chi connectivity index (χ2n) is 7.07. The molecule has 1 amide bonds. The monoisotopic (exact) mass is 508 g/mol. The SMILES string of the molecule is CSc1nc(N2CCCCC2)c2cnn(CCNC(=O)c3cc(Br)ccc3Cl)c2n1. The van der Waals surface area contributed by atoms with Gasteiger partial charge in [-0.05, 0) is 43.7 Å². The van der Waals surface area contributed by atoms with Crippen LogP contribution in [-0.4, -0.2) is 51.5 Å². The van der Waals surface area contributed by atoms with Gasteiger partial charge in [0.2, 0.25) is 0 Å². The van der Waals surface area contributed by atoms with Gasteiger partial charge in [-0.1, -0.05) is 39.3 Å². The molecule has 0 bridgehead atoms. The summed E-state index contributed by atoms with van der Waals surface area (Å²) in [5.74, 6) is 0.742. The third-order valence-electron chi connectivity index (χ3n) is 5.08. The molecule has 3 heterocycles. The van der Waals surface area contributed by atoms with Gasteiger partial charge in [0.15, 0.2) is 10.8 Å². The number of piperidine rings is 1. The summed E-state index contributed by atoms with van der Waals surface area (Å²) >= 11 is 11.0. The minimum atomic E-state index is -0.216. The van der Waals surface area contributed by atoms with Gasteiger partial charge >= 0.3 is 0 Å². The number of nitrogens with zero attached hydrogens (tertiary/aromatic N) is 5. The van der Waals surface area contributed by atoms with Crippen LogP contribution < -0.4 is 10.2 Å². The molecule has 1 aliphatic heterocycles. The lowest BCUT2D eigenvalue weighted by Crippen LogP contribution is -2.30. The molecular weight excluding hydrogens is 488 g/mol. The topological polar surface area (TPSA) is 75.9 Å². The summed E-state index contributed by atoms with van der Waals surface area (Å²) in [5, 5.41) is 9.54. The number of hydrogen-bond acceptors (Lipinski definition) is 6. The Balaban J connectivity index is 1.52. The number of amides is 1. The number of nitrogens with one attached hydrogen (secondary N) is 1. The Morgan fingerprint density at radius 1 is 1.27 bits per heavy atom. The molecule has 10 heteroatoms. The van der Waals surface area contributed by atoms with E-state index in [1.54, 1.807) is 18.2 Å². The van der Waals surface area contributed by atoms with E-state index in [0.29, 0.717) is 23.7 Å². The van der Waals surface area contributed by atoms with E-state index in [1.165, 1.54) is 31.0 Å². The Morgan fingerprint density at radius 3 is 2.83 bits per heavy atom. The van der Waals surface area contributed by atoms with E-state index in [9.17, 15) is 4.79 Å². The number of aromatic nitrogens is 4. The zero-order valence-electron chi connectivity index (χ0n) is 16.6. The number of carbonyl (C=O) groups excluding carboxylic acids is 1. The highest BCUT2D eigenvalue weighted by atomic mass is 79.9. The molecule has 0 aliphatic carbocycles. The molecule has 1 fully saturated rings. The standard InChI is InChI=1S/C20H22BrClN6OS/c1-30-20-25-17(27-8-3-2-4-9-27)15-12-24-28(18(15)26-20)10-7-23-19(29)14-11-13(21)5-6-16(14)22/h5-6,11-12H,2-4,7-10H2,1H3,(H,23,29). The summed E-state index contributed by atoms with van der Waals surface area (Å²) in [5.41, 5.74) is 1.24. The maximum atomic E-state index is 12.5. The Hall–Kier alpha value is -1.84. The first-order valence-corrected chi connectivity index (χ1v) is 12.2. The van der Waals surface area contributed by atoms with Crippen LogP contribution >= 0.6 is 39.3 Å². The fraction of sp³-hybridized carbons (Fsp3) is 0.400. The smallest absolute Gasteiger partial charge is 0.252 e. The van der Waals surface area contributed by atoms with Gasteiger partial charge in [-0.15, -0.1) is 0 Å². The van der Waals surface area contributed by atoms with E-state index in [4.69, 9.17) is 16.6 Å². The number of fused-ring (bicyclic) bond motifs is 1. The number of benzene rings is 1. The fourth-order valence-corrected chi connectivity index (χ4v) is 4.48. The lowest BCUT2D eigenvalue weighted by atomic mass is 10.1. The van der Waals surface area contributed by atoms with Crippen LogP contribution in [0.3, 0.4) is 0 Å². The van der Waals surface area contributed by atoms with Crippen molar-refractivity contribution in [1.29, 1.82) is 0 Å². The highest BCUT2D eigenvalue weighted by molar-refractivity contribution is 9.10. The molecule has 0 radical (unpaired) electrons. The molecule has 1 N–H and O–H groups in total. The van der Waals surface area contributed by atoms with Crippen molar-refractivity contribution in [2.45, 2.75) is 31.0 Å². The minimum absolute atomic E-state index is 0.216. The van der Waals surface area contributed by atoms with Crippen LogP contribution in [0.15, 0.2) is 34.0 Å². The van der Waals surface area contributed by atoms with Crippen molar-refractivity contribution in [2.75, 3.05) is 30.8 Å². The van der Waals surface area contributed by atoms with Gasteiger partial charge in [0.1, 0.15) is 5.82 Å². The molecule has 1 saturated heterocycles. The third-order valence-corrected chi connectivity index (χ3v) is 6.45. The van der Waals surface area contributed by atoms with Crippen LogP contribution in [0.5, 0.6) is 0 Å². The molecule has 3 aromatic rings. The van der Waals surface area contributed by atoms with E-state index in [0.717, 1.165) is 39.6 Å². The lowest BCUT2D eigenvalue weighted by molar-refractivity contribution is 0.0952. The molecule has 4 rings (SSSR count). The molecule has 0 unspecified atom stereocenters. The number of halogens is 2. The van der Waals surface area contributed by atoms with Crippen LogP contribution in [0.2, 0.25) is 5.02 Å². The van der Waals surface area contributed by atoms with Gasteiger partial charge in [0.05, 0.1) is 28.7 Å². The molecular formula is C20H22BrClN6OS. The zero-order valence-corrected chi connectivity index (χ0v) is 19.7. The second-order valence-corrected chi connectivity index (χ2v) is 9.16. The Bertz CT molecular complexity index is 1070. The largest absolute Gasteiger partial charge is 0.356 e. The van der Waals surface area contributed by atoms with Crippen LogP contribution in [0.25, 0.3) is 11.0 Å². The van der Waals surface area contributed by atoms with Crippen molar-refractivity contribution < 1.29 is 4.79 Å². The molecule has 0 atom stereocenters. The number of carbonyl (C=O) groups is 1. The Kier molecular flexibility index (Phi) is 6.80. The molecule has 0 saturated carbocycles. The molecule has 30 heavy (non-hydrogen) atoms. The lowest BCUT2D eigenvalue weighted by Gasteiger charge is -2.28. The normalized spacial score (nSPS) is 14.3. The van der Waals surface area contributed by atoms with Crippen LogP contribution in [0.4, 0.5) is 5.82 Å². The first-order valence-electron chi connectivity index (χ1n) is 9.82. The van der Waals surface area contributed by atoms with Crippen LogP contribution in [0.1, 0.15) is 29.6 Å². The van der Waals surface area contributed by atoms with Crippen LogP contribution in [0, 0.1) is 0 Å². The molecule has 2 aromatic heterocycles. The summed E-state index contributed by atoms with van der Waals surface area (Å²) in [6, 6.07) is 5.21. The highest BCUT2D eigenvalue weighted by Gasteiger charge is 2.20. The zero-order chi connectivity index (χ0) is 21.1. The summed E-state index contributed by atoms with van der Waals surface area (Å²) in [7, 11) is 0. The van der Waals surface area contributed by atoms with Gasteiger partial charge in [0, 0.05) is 24.1 Å². The van der Waals surface area contributed by atoms with E-state index in [-0.39, 0.29) is 5.91 Å². The van der Waals surface area contributed by atoms with Gasteiger partial charge in [-0.2, -0.15) is 5.10 Å². The maximum Gasteiger partial charge on any atom is 0.252 e. The first-order chi connectivity index (χ1) is 14.6. The predicted molar refractivity (Wildman–Crippen MR) is 125 cm³/mol. The fourth-order valence-electron chi connectivity index (χ4n) is 3.56. The highest BCUT2D eigenvalue weighted by Crippen LogP contribution is 2.28. The molecule has 7 nitrogen and oxygen atoms in total. The third kappa shape index (κ3) is 4.58. The Morgan fingerprint density at radius 2 is 2.07 bits per heavy atom. The summed E-state index contributed by atoms with van der Waals surface area (Å²) < 4.78 is 2.63. The molecule has 1 aromatic carbocycles. The van der Waals surface area contributed by atoms with E-state index in [2.05, 4.69) is 36.2 Å². The van der Waals surface area contributed by atoms with Crippen molar-refractivity contribution in [1.82, 2.24) is 25.1 Å². The summed E-state index contributed by atoms with van der Waals surface area (Å²) in [6.45, 7) is 2.93. The van der Waals surface area contributed by atoms with E-state index in [1.807, 2.05) is 17.1 Å². The van der Waals surface area contributed by atoms with Crippen molar-refractivity contribution in [3.8, 4) is 0 Å². The van der Waals surface area contributed by atoms with Crippen molar-refractivity contribution >= 4 is 62.1 Å². The number of thioether (sulfide) groups is 1. The Labute approximate surface area is 192 Å². The number of anilines is 1. The number of hydrogen-bond donors (Lipinski definition) is 1. The second kappa shape index (κ2) is 9.53. The predicted octanol–water partition coefficient (Wildman–Crippen LogP) is 4.38. The molecule has 158 valence electrons. The van der Waals surface area contributed by atoms with Crippen molar-refractivity contribution in [3.63, 3.8) is 0 Å². The molecule has 1 aliphatic rings. The number of rotatable bonds is 6. The van der Waals surface area contributed by atoms with Crippen molar-refractivity contribution in [2.24, 2.45) is 0 Å². The van der Waals surface area contributed by atoms with Gasteiger partial charge in [-0.3, -0.25) is 4.79 Å². The average molecular weight is 510 g/mol. The van der Waals surface area contributed by atoms with Gasteiger partial charge < -0.3 is 10.2 Å². The maximum absolute atomic E-state index is 12.5. The quantitative estimate of drug-likeness (QED) is 0.392. The first kappa shape index (κ1) is 21.4. The van der Waals surface area contributed by atoms with E-state index < -0.39 is 0 Å². The van der Waals surface area contributed by atoms with Crippen LogP contribution in [-0.2, 0) is 6.54 Å². The van der Waals surface area contributed by atoms with Gasteiger partial charge in [-0.25, -0.2) is 14.6 Å². The van der Waals surface area contributed by atoms with Crippen molar-refractivity contribution in [3.05, 3.63) is 39.5 Å². The summed E-state index contributed by atoms with van der Waals surface area (Å²) in [4.78, 5) is 24.3. The summed E-state index contributed by atoms with van der Waals surface area (Å²) in [6.07, 6.45) is 7.43. The van der Waals surface area contributed by atoms with Gasteiger partial charge in [0.25, 0.3) is 5.91 Å². The average Bonchev–Trinajstić information content (AvgIpc) is 3.18. The minimum Gasteiger partial charge on any atom is -0.356 e. The molecule has 0 spiro atoms. The van der Waals surface area contributed by atoms with E-state index >= 15 is 0 Å².